The van der Waals surface area contributed by atoms with Gasteiger partial charge in [-0.05, 0) is 70.2 Å². The van der Waals surface area contributed by atoms with Crippen LogP contribution in [0, 0.1) is 20.3 Å². The number of halogens is 2. The van der Waals surface area contributed by atoms with E-state index in [9.17, 15) is 0 Å². The van der Waals surface area contributed by atoms with Crippen LogP contribution in [0.5, 0.6) is 0 Å². The molecule has 5 aromatic rings. The Morgan fingerprint density at radius 3 is 1.64 bits per heavy atom. The molecule has 256 valence electrons. The van der Waals surface area contributed by atoms with E-state index in [-0.39, 0.29) is 35.6 Å². The van der Waals surface area contributed by atoms with E-state index in [0.29, 0.717) is 0 Å². The third kappa shape index (κ3) is 8.34. The topological polar surface area (TPSA) is 0 Å². The average molecular weight is 775 g/mol. The van der Waals surface area contributed by atoms with Gasteiger partial charge in [0.1, 0.15) is 0 Å². The predicted octanol–water partition coefficient (Wildman–Crippen LogP) is 6.07. The first-order valence-corrected chi connectivity index (χ1v) is 18.5. The molecule has 0 saturated carbocycles. The SMILES string of the molecule is CC1=C[CH-]C(C)(C)c2cc3c(cc21)-c1cc2c(cc1C3)C(C)(C)CC=C2C.Cc1c[cH-]c(C)c1.[Cl-].[Cl-].[Zr+2]=[C](c1ccccc1)c1ccccc1. The van der Waals surface area contributed by atoms with Crippen molar-refractivity contribution in [3.8, 4) is 11.1 Å². The summed E-state index contributed by atoms with van der Waals surface area (Å²) in [7, 11) is 0. The van der Waals surface area contributed by atoms with Gasteiger partial charge in [-0.2, -0.15) is 23.3 Å². The van der Waals surface area contributed by atoms with Gasteiger partial charge >= 0.3 is 99.2 Å². The van der Waals surface area contributed by atoms with Crippen LogP contribution in [0.2, 0.25) is 0 Å². The van der Waals surface area contributed by atoms with Crippen LogP contribution in [-0.2, 0) is 41.5 Å². The van der Waals surface area contributed by atoms with Crippen LogP contribution in [0.15, 0.2) is 115 Å². The molecule has 8 rings (SSSR count). The molecule has 0 heterocycles. The first-order valence-electron chi connectivity index (χ1n) is 17.3. The van der Waals surface area contributed by atoms with Crippen LogP contribution in [0.3, 0.4) is 0 Å². The Morgan fingerprint density at radius 2 is 1.16 bits per heavy atom. The Balaban J connectivity index is 0.000000204. The van der Waals surface area contributed by atoms with Crippen LogP contribution in [0.1, 0.15) is 104 Å². The monoisotopic (exact) mass is 772 g/mol. The van der Waals surface area contributed by atoms with Crippen LogP contribution in [0.25, 0.3) is 22.3 Å². The molecule has 0 unspecified atom stereocenters. The molecular weight excluding hydrogens is 727 g/mol. The zero-order chi connectivity index (χ0) is 34.2. The number of fused-ring (bicyclic) bond motifs is 5. The van der Waals surface area contributed by atoms with E-state index in [4.69, 9.17) is 0 Å². The quantitative estimate of drug-likeness (QED) is 0.188. The van der Waals surface area contributed by atoms with Crippen molar-refractivity contribution in [1.82, 2.24) is 0 Å². The first kappa shape index (κ1) is 39.7. The molecule has 0 nitrogen and oxygen atoms in total. The second-order valence-electron chi connectivity index (χ2n) is 15.1. The maximum atomic E-state index is 2.51. The Hall–Kier alpha value is -3.09. The van der Waals surface area contributed by atoms with Gasteiger partial charge in [-0.1, -0.05) is 76.8 Å². The Morgan fingerprint density at radius 1 is 0.640 bits per heavy atom. The molecular formula is C47H48Cl2Zr-2. The van der Waals surface area contributed by atoms with Crippen molar-refractivity contribution >= 4 is 14.4 Å². The summed E-state index contributed by atoms with van der Waals surface area (Å²) in [5.74, 6) is 0. The van der Waals surface area contributed by atoms with E-state index in [2.05, 4.69) is 177 Å². The van der Waals surface area contributed by atoms with Gasteiger partial charge in [0.2, 0.25) is 0 Å². The summed E-state index contributed by atoms with van der Waals surface area (Å²) >= 11 is 1.46. The third-order valence-electron chi connectivity index (χ3n) is 10.3. The molecule has 5 aromatic carbocycles. The van der Waals surface area contributed by atoms with E-state index in [1.165, 1.54) is 105 Å². The second-order valence-corrected chi connectivity index (χ2v) is 16.3. The van der Waals surface area contributed by atoms with Crippen molar-refractivity contribution in [3.63, 3.8) is 0 Å². The zero-order valence-electron chi connectivity index (χ0n) is 30.7. The standard InChI is InChI=1S/C27H29.C13H10.C7H9.2ClH.Zr/c1-16-7-9-26(3,4)24-12-18-11-19-13-25-21(17(2)8-10-27(25,5)6)15-23(19)22(18)14-20(16)24;1-3-7-12(8-4-1)11-13-9-5-2-6-10-13;1-6-3-4-7(2)5-6;;;/h7-9,12-15H,10-11H2,1-6H3;1-10H;3-5H,1-2H3;2*1H;/q-1;;-1;;;+2/p-2. The van der Waals surface area contributed by atoms with Crippen LogP contribution < -0.4 is 24.8 Å². The van der Waals surface area contributed by atoms with Gasteiger partial charge in [0.25, 0.3) is 0 Å². The molecule has 50 heavy (non-hydrogen) atoms. The molecule has 3 aliphatic carbocycles. The summed E-state index contributed by atoms with van der Waals surface area (Å²) < 4.78 is 1.42. The van der Waals surface area contributed by atoms with Gasteiger partial charge in [0.05, 0.1) is 0 Å². The molecule has 0 atom stereocenters. The van der Waals surface area contributed by atoms with E-state index in [0.717, 1.165) is 12.8 Å². The first-order chi connectivity index (χ1) is 22.8. The number of benzene rings is 4. The molecule has 0 spiro atoms. The maximum absolute atomic E-state index is 2.51. The minimum absolute atomic E-state index is 0. The second kappa shape index (κ2) is 16.1. The van der Waals surface area contributed by atoms with Gasteiger partial charge in [0, 0.05) is 0 Å². The molecule has 0 N–H and O–H groups in total. The van der Waals surface area contributed by atoms with Crippen molar-refractivity contribution in [2.75, 3.05) is 0 Å². The minimum atomic E-state index is 0. The summed E-state index contributed by atoms with van der Waals surface area (Å²) in [5.41, 5.74) is 20.4. The molecule has 0 bridgehead atoms. The van der Waals surface area contributed by atoms with Crippen LogP contribution in [-0.4, -0.2) is 3.21 Å². The number of hydrogen-bond donors (Lipinski definition) is 0. The van der Waals surface area contributed by atoms with Crippen molar-refractivity contribution < 1.29 is 49.0 Å². The van der Waals surface area contributed by atoms with E-state index < -0.39 is 0 Å². The molecule has 0 aromatic heterocycles. The molecule has 0 fully saturated rings. The predicted molar refractivity (Wildman–Crippen MR) is 205 cm³/mol. The zero-order valence-corrected chi connectivity index (χ0v) is 34.7. The van der Waals surface area contributed by atoms with E-state index >= 15 is 0 Å². The molecule has 0 saturated heterocycles. The Bertz CT molecular complexity index is 1890. The summed E-state index contributed by atoms with van der Waals surface area (Å²) in [6.45, 7) is 18.2. The van der Waals surface area contributed by atoms with Gasteiger partial charge < -0.3 is 24.8 Å². The van der Waals surface area contributed by atoms with Crippen LogP contribution >= 0.6 is 0 Å². The Labute approximate surface area is 328 Å². The summed E-state index contributed by atoms with van der Waals surface area (Å²) in [6, 6.07) is 37.5. The van der Waals surface area contributed by atoms with Gasteiger partial charge in [-0.25, -0.2) is 24.1 Å². The van der Waals surface area contributed by atoms with Gasteiger partial charge in [0.15, 0.2) is 0 Å². The number of aryl methyl sites for hydroxylation is 2. The fourth-order valence-electron chi connectivity index (χ4n) is 7.27. The molecule has 0 amide bonds. The van der Waals surface area contributed by atoms with Gasteiger partial charge in [-0.3, -0.25) is 0 Å². The van der Waals surface area contributed by atoms with E-state index in [1.807, 2.05) is 0 Å². The Kier molecular flexibility index (Phi) is 12.8. The summed E-state index contributed by atoms with van der Waals surface area (Å²) in [5, 5.41) is 0. The summed E-state index contributed by atoms with van der Waals surface area (Å²) in [6.07, 6.45) is 9.28. The van der Waals surface area contributed by atoms with Crippen molar-refractivity contribution in [3.05, 3.63) is 177 Å². The van der Waals surface area contributed by atoms with Crippen molar-refractivity contribution in [1.29, 1.82) is 0 Å². The van der Waals surface area contributed by atoms with Crippen molar-refractivity contribution in [2.24, 2.45) is 0 Å². The number of rotatable bonds is 2. The van der Waals surface area contributed by atoms with Crippen molar-refractivity contribution in [2.45, 2.75) is 79.1 Å². The fourth-order valence-corrected chi connectivity index (χ4v) is 8.09. The average Bonchev–Trinajstić information content (AvgIpc) is 3.65. The fraction of sp³-hybridized carbons (Fsp3) is 0.255. The molecule has 0 aliphatic heterocycles. The molecule has 3 heteroatoms. The summed E-state index contributed by atoms with van der Waals surface area (Å²) in [4.78, 5) is 0. The number of hydrogen-bond acceptors (Lipinski definition) is 0. The van der Waals surface area contributed by atoms with E-state index in [1.54, 1.807) is 0 Å². The molecule has 0 radical (unpaired) electrons. The normalized spacial score (nSPS) is 15.2. The third-order valence-corrected chi connectivity index (χ3v) is 11.7. The van der Waals surface area contributed by atoms with Crippen LogP contribution in [0.4, 0.5) is 0 Å². The molecule has 3 aliphatic rings. The number of allylic oxidation sites excluding steroid dienone is 4. The van der Waals surface area contributed by atoms with Gasteiger partial charge in [-0.15, -0.1) is 12.5 Å².